The third kappa shape index (κ3) is 2.87. The Bertz CT molecular complexity index is 332. The first kappa shape index (κ1) is 10.8. The minimum atomic E-state index is -0.124. The molecular weight excluding hydrogens is 178 g/mol. The molecule has 1 aromatic heterocycles. The molecule has 1 aromatic rings. The van der Waals surface area contributed by atoms with Crippen LogP contribution in [0, 0.1) is 5.92 Å². The molecule has 4 nitrogen and oxygen atoms in total. The summed E-state index contributed by atoms with van der Waals surface area (Å²) in [5, 5.41) is 3.24. The molecule has 14 heavy (non-hydrogen) atoms. The number of aromatic amines is 1. The zero-order chi connectivity index (χ0) is 10.6. The van der Waals surface area contributed by atoms with E-state index in [2.05, 4.69) is 36.1 Å². The summed E-state index contributed by atoms with van der Waals surface area (Å²) in [4.78, 5) is 17.5. The molecule has 1 unspecified atom stereocenters. The normalized spacial score (nSPS) is 12.9. The number of aromatic nitrogens is 2. The smallest absolute Gasteiger partial charge is 0.252 e. The summed E-state index contributed by atoms with van der Waals surface area (Å²) >= 11 is 0. The van der Waals surface area contributed by atoms with Gasteiger partial charge in [-0.05, 0) is 12.3 Å². The van der Waals surface area contributed by atoms with Gasteiger partial charge in [-0.2, -0.15) is 0 Å². The minimum absolute atomic E-state index is 0.124. The van der Waals surface area contributed by atoms with E-state index < -0.39 is 0 Å². The van der Waals surface area contributed by atoms with E-state index in [1.807, 2.05) is 0 Å². The van der Waals surface area contributed by atoms with Gasteiger partial charge in [0.25, 0.3) is 5.56 Å². The summed E-state index contributed by atoms with van der Waals surface area (Å²) < 4.78 is 0. The van der Waals surface area contributed by atoms with Crippen LogP contribution in [0.5, 0.6) is 0 Å². The predicted octanol–water partition coefficient (Wildman–Crippen LogP) is 1.62. The number of nitrogens with zero attached hydrogens (tertiary/aromatic N) is 1. The van der Waals surface area contributed by atoms with Gasteiger partial charge in [0.2, 0.25) is 0 Å². The first-order valence-electron chi connectivity index (χ1n) is 4.94. The minimum Gasteiger partial charge on any atom is -0.367 e. The lowest BCUT2D eigenvalue weighted by Crippen LogP contribution is -2.26. The van der Waals surface area contributed by atoms with Crippen molar-refractivity contribution in [2.45, 2.75) is 33.2 Å². The summed E-state index contributed by atoms with van der Waals surface area (Å²) in [6.45, 7) is 6.41. The molecule has 2 N–H and O–H groups in total. The Morgan fingerprint density at radius 3 is 2.79 bits per heavy atom. The molecule has 4 heteroatoms. The van der Waals surface area contributed by atoms with Crippen LogP contribution in [0.4, 0.5) is 5.82 Å². The second kappa shape index (κ2) is 4.79. The first-order valence-corrected chi connectivity index (χ1v) is 4.94. The predicted molar refractivity (Wildman–Crippen MR) is 57.4 cm³/mol. The Balaban J connectivity index is 2.72. The SMILES string of the molecule is CCC(Nc1cc(=O)[nH]cn1)C(C)C. The van der Waals surface area contributed by atoms with Gasteiger partial charge >= 0.3 is 0 Å². The zero-order valence-electron chi connectivity index (χ0n) is 8.87. The van der Waals surface area contributed by atoms with Gasteiger partial charge in [0, 0.05) is 12.1 Å². The van der Waals surface area contributed by atoms with E-state index >= 15 is 0 Å². The van der Waals surface area contributed by atoms with Crippen LogP contribution in [0.15, 0.2) is 17.2 Å². The van der Waals surface area contributed by atoms with Crippen LogP contribution in [-0.2, 0) is 0 Å². The molecule has 0 saturated heterocycles. The van der Waals surface area contributed by atoms with Gasteiger partial charge in [0.15, 0.2) is 0 Å². The third-order valence-electron chi connectivity index (χ3n) is 2.26. The quantitative estimate of drug-likeness (QED) is 0.767. The van der Waals surface area contributed by atoms with Crippen LogP contribution in [0.25, 0.3) is 0 Å². The van der Waals surface area contributed by atoms with Crippen LogP contribution in [0.2, 0.25) is 0 Å². The van der Waals surface area contributed by atoms with Gasteiger partial charge in [-0.3, -0.25) is 4.79 Å². The molecule has 0 fully saturated rings. The van der Waals surface area contributed by atoms with E-state index in [4.69, 9.17) is 0 Å². The van der Waals surface area contributed by atoms with Crippen LogP contribution < -0.4 is 10.9 Å². The maximum absolute atomic E-state index is 11.0. The lowest BCUT2D eigenvalue weighted by molar-refractivity contribution is 0.509. The second-order valence-electron chi connectivity index (χ2n) is 3.70. The van der Waals surface area contributed by atoms with Crippen LogP contribution in [0.1, 0.15) is 27.2 Å². The van der Waals surface area contributed by atoms with Crippen LogP contribution >= 0.6 is 0 Å². The van der Waals surface area contributed by atoms with Crippen molar-refractivity contribution in [3.05, 3.63) is 22.7 Å². The van der Waals surface area contributed by atoms with Gasteiger partial charge in [-0.1, -0.05) is 20.8 Å². The van der Waals surface area contributed by atoms with Gasteiger partial charge < -0.3 is 10.3 Å². The van der Waals surface area contributed by atoms with Crippen molar-refractivity contribution in [1.29, 1.82) is 0 Å². The topological polar surface area (TPSA) is 57.8 Å². The third-order valence-corrected chi connectivity index (χ3v) is 2.26. The average molecular weight is 195 g/mol. The van der Waals surface area contributed by atoms with E-state index in [0.29, 0.717) is 17.8 Å². The molecule has 1 heterocycles. The fourth-order valence-corrected chi connectivity index (χ4v) is 1.38. The van der Waals surface area contributed by atoms with E-state index in [0.717, 1.165) is 6.42 Å². The molecule has 1 rings (SSSR count). The summed E-state index contributed by atoms with van der Waals surface area (Å²) in [5.74, 6) is 1.18. The number of nitrogens with one attached hydrogen (secondary N) is 2. The highest BCUT2D eigenvalue weighted by Gasteiger charge is 2.10. The molecule has 0 amide bonds. The van der Waals surface area contributed by atoms with Crippen molar-refractivity contribution in [2.24, 2.45) is 5.92 Å². The number of hydrogen-bond donors (Lipinski definition) is 2. The van der Waals surface area contributed by atoms with E-state index in [9.17, 15) is 4.79 Å². The van der Waals surface area contributed by atoms with Gasteiger partial charge in [0.1, 0.15) is 5.82 Å². The number of anilines is 1. The molecule has 0 bridgehead atoms. The Morgan fingerprint density at radius 2 is 2.29 bits per heavy atom. The molecule has 0 aliphatic heterocycles. The van der Waals surface area contributed by atoms with Crippen molar-refractivity contribution in [3.63, 3.8) is 0 Å². The van der Waals surface area contributed by atoms with Crippen molar-refractivity contribution in [2.75, 3.05) is 5.32 Å². The monoisotopic (exact) mass is 195 g/mol. The van der Waals surface area contributed by atoms with E-state index in [-0.39, 0.29) is 5.56 Å². The lowest BCUT2D eigenvalue weighted by Gasteiger charge is -2.20. The van der Waals surface area contributed by atoms with Crippen LogP contribution in [0.3, 0.4) is 0 Å². The molecule has 0 spiro atoms. The molecule has 0 aliphatic carbocycles. The highest BCUT2D eigenvalue weighted by Crippen LogP contribution is 2.10. The Kier molecular flexibility index (Phi) is 3.68. The molecule has 0 aliphatic rings. The fraction of sp³-hybridized carbons (Fsp3) is 0.600. The van der Waals surface area contributed by atoms with Gasteiger partial charge in [-0.15, -0.1) is 0 Å². The highest BCUT2D eigenvalue weighted by molar-refractivity contribution is 5.33. The Morgan fingerprint density at radius 1 is 1.57 bits per heavy atom. The number of H-pyrrole nitrogens is 1. The molecule has 0 aromatic carbocycles. The number of hydrogen-bond acceptors (Lipinski definition) is 3. The van der Waals surface area contributed by atoms with Crippen LogP contribution in [-0.4, -0.2) is 16.0 Å². The molecule has 0 radical (unpaired) electrons. The maximum Gasteiger partial charge on any atom is 0.252 e. The summed E-state index contributed by atoms with van der Waals surface area (Å²) in [7, 11) is 0. The Hall–Kier alpha value is -1.32. The maximum atomic E-state index is 11.0. The summed E-state index contributed by atoms with van der Waals surface area (Å²) in [6, 6.07) is 1.84. The Labute approximate surface area is 83.8 Å². The highest BCUT2D eigenvalue weighted by atomic mass is 16.1. The second-order valence-corrected chi connectivity index (χ2v) is 3.70. The largest absolute Gasteiger partial charge is 0.367 e. The lowest BCUT2D eigenvalue weighted by atomic mass is 10.0. The van der Waals surface area contributed by atoms with Crippen molar-refractivity contribution in [1.82, 2.24) is 9.97 Å². The number of rotatable bonds is 4. The van der Waals surface area contributed by atoms with Crippen molar-refractivity contribution in [3.8, 4) is 0 Å². The van der Waals surface area contributed by atoms with E-state index in [1.54, 1.807) is 0 Å². The van der Waals surface area contributed by atoms with Crippen molar-refractivity contribution < 1.29 is 0 Å². The molecule has 1 atom stereocenters. The standard InChI is InChI=1S/C10H17N3O/c1-4-8(7(2)3)13-9-5-10(14)12-6-11-9/h5-8H,4H2,1-3H3,(H2,11,12,13,14). The van der Waals surface area contributed by atoms with Crippen molar-refractivity contribution >= 4 is 5.82 Å². The molecule has 0 saturated carbocycles. The molecule has 78 valence electrons. The van der Waals surface area contributed by atoms with Gasteiger partial charge in [0.05, 0.1) is 6.33 Å². The summed E-state index contributed by atoms with van der Waals surface area (Å²) in [5.41, 5.74) is -0.124. The zero-order valence-corrected chi connectivity index (χ0v) is 8.87. The average Bonchev–Trinajstić information content (AvgIpc) is 2.14. The fourth-order valence-electron chi connectivity index (χ4n) is 1.38. The van der Waals surface area contributed by atoms with Gasteiger partial charge in [-0.25, -0.2) is 4.98 Å². The van der Waals surface area contributed by atoms with E-state index in [1.165, 1.54) is 12.4 Å². The molecular formula is C10H17N3O. The first-order chi connectivity index (χ1) is 6.63. The summed E-state index contributed by atoms with van der Waals surface area (Å²) in [6.07, 6.45) is 2.43.